The summed E-state index contributed by atoms with van der Waals surface area (Å²) in [6.45, 7) is 2.31. The van der Waals surface area contributed by atoms with Crippen molar-refractivity contribution in [1.29, 1.82) is 0 Å². The van der Waals surface area contributed by atoms with Gasteiger partial charge in [0.2, 0.25) is 5.82 Å². The molecule has 0 saturated heterocycles. The van der Waals surface area contributed by atoms with E-state index in [4.69, 9.17) is 18.7 Å². The van der Waals surface area contributed by atoms with Crippen molar-refractivity contribution in [2.75, 3.05) is 13.7 Å². The number of hydrogen-bond acceptors (Lipinski definition) is 7. The quantitative estimate of drug-likeness (QED) is 0.433. The fourth-order valence-corrected chi connectivity index (χ4v) is 2.42. The summed E-state index contributed by atoms with van der Waals surface area (Å²) in [7, 11) is 1.60. The van der Waals surface area contributed by atoms with Gasteiger partial charge in [0.1, 0.15) is 11.5 Å². The number of hydrogen-bond donors (Lipinski definition) is 0. The van der Waals surface area contributed by atoms with E-state index < -0.39 is 5.97 Å². The van der Waals surface area contributed by atoms with Gasteiger partial charge in [-0.15, -0.1) is 0 Å². The number of benzene rings is 2. The summed E-state index contributed by atoms with van der Waals surface area (Å²) in [6, 6.07) is 14.7. The third-order valence-electron chi connectivity index (χ3n) is 3.76. The summed E-state index contributed by atoms with van der Waals surface area (Å²) in [5.41, 5.74) is 1.57. The van der Waals surface area contributed by atoms with Crippen LogP contribution in [0.1, 0.15) is 18.4 Å². The molecule has 0 unspecified atom stereocenters. The predicted molar refractivity (Wildman–Crippen MR) is 103 cm³/mol. The molecular formula is C21H20N2O5. The van der Waals surface area contributed by atoms with Crippen LogP contribution in [0, 0.1) is 0 Å². The van der Waals surface area contributed by atoms with Crippen molar-refractivity contribution in [3.8, 4) is 22.9 Å². The number of para-hydroxylation sites is 1. The smallest absolute Gasteiger partial charge is 0.331 e. The summed E-state index contributed by atoms with van der Waals surface area (Å²) in [5.74, 6) is 1.48. The van der Waals surface area contributed by atoms with Crippen LogP contribution in [0.4, 0.5) is 0 Å². The van der Waals surface area contributed by atoms with Crippen LogP contribution in [0.25, 0.3) is 17.5 Å². The van der Waals surface area contributed by atoms with Crippen LogP contribution in [0.5, 0.6) is 11.5 Å². The van der Waals surface area contributed by atoms with E-state index in [-0.39, 0.29) is 12.5 Å². The highest BCUT2D eigenvalue weighted by Crippen LogP contribution is 2.27. The maximum Gasteiger partial charge on any atom is 0.331 e. The predicted octanol–water partition coefficient (Wildman–Crippen LogP) is 3.90. The molecule has 7 heteroatoms. The van der Waals surface area contributed by atoms with Crippen molar-refractivity contribution < 1.29 is 23.5 Å². The first kappa shape index (κ1) is 19.2. The van der Waals surface area contributed by atoms with Crippen molar-refractivity contribution in [2.45, 2.75) is 13.5 Å². The van der Waals surface area contributed by atoms with E-state index in [1.807, 2.05) is 55.5 Å². The second kappa shape index (κ2) is 9.36. The number of rotatable bonds is 8. The minimum Gasteiger partial charge on any atom is -0.497 e. The molecule has 0 bridgehead atoms. The number of methoxy groups -OCH3 is 1. The third kappa shape index (κ3) is 4.97. The van der Waals surface area contributed by atoms with Crippen LogP contribution in [0.2, 0.25) is 0 Å². The fraction of sp³-hybridized carbons (Fsp3) is 0.190. The summed E-state index contributed by atoms with van der Waals surface area (Å²) in [5, 5.41) is 3.93. The molecule has 0 N–H and O–H groups in total. The van der Waals surface area contributed by atoms with E-state index in [0.29, 0.717) is 23.7 Å². The van der Waals surface area contributed by atoms with Gasteiger partial charge in [0.15, 0.2) is 6.61 Å². The molecule has 0 radical (unpaired) electrons. The Morgan fingerprint density at radius 2 is 1.93 bits per heavy atom. The lowest BCUT2D eigenvalue weighted by molar-refractivity contribution is -0.139. The molecule has 0 aliphatic carbocycles. The molecule has 0 aliphatic rings. The van der Waals surface area contributed by atoms with Gasteiger partial charge in [0.05, 0.1) is 19.3 Å². The number of carbonyl (C=O) groups is 1. The van der Waals surface area contributed by atoms with Crippen molar-refractivity contribution in [1.82, 2.24) is 10.1 Å². The van der Waals surface area contributed by atoms with E-state index in [1.165, 1.54) is 6.08 Å². The number of nitrogens with zero attached hydrogens (tertiary/aromatic N) is 2. The molecular weight excluding hydrogens is 360 g/mol. The lowest BCUT2D eigenvalue weighted by Gasteiger charge is -2.05. The molecule has 0 amide bonds. The molecule has 0 aliphatic heterocycles. The molecule has 1 heterocycles. The Morgan fingerprint density at radius 3 is 2.68 bits per heavy atom. The highest BCUT2D eigenvalue weighted by atomic mass is 16.6. The van der Waals surface area contributed by atoms with Crippen molar-refractivity contribution in [3.63, 3.8) is 0 Å². The monoisotopic (exact) mass is 380 g/mol. The Balaban J connectivity index is 1.58. The van der Waals surface area contributed by atoms with E-state index in [9.17, 15) is 4.79 Å². The zero-order valence-corrected chi connectivity index (χ0v) is 15.6. The van der Waals surface area contributed by atoms with Gasteiger partial charge in [-0.05, 0) is 42.8 Å². The average molecular weight is 380 g/mol. The lowest BCUT2D eigenvalue weighted by atomic mass is 10.2. The Labute approximate surface area is 162 Å². The van der Waals surface area contributed by atoms with Crippen LogP contribution in [0.15, 0.2) is 59.1 Å². The molecule has 0 saturated carbocycles. The maximum atomic E-state index is 11.9. The molecule has 3 rings (SSSR count). The first-order chi connectivity index (χ1) is 13.7. The average Bonchev–Trinajstić information content (AvgIpc) is 3.20. The van der Waals surface area contributed by atoms with Gasteiger partial charge < -0.3 is 18.7 Å². The topological polar surface area (TPSA) is 83.7 Å². The Morgan fingerprint density at radius 1 is 1.14 bits per heavy atom. The van der Waals surface area contributed by atoms with E-state index in [0.717, 1.165) is 11.3 Å². The van der Waals surface area contributed by atoms with Crippen molar-refractivity contribution >= 4 is 12.0 Å². The molecule has 0 spiro atoms. The van der Waals surface area contributed by atoms with E-state index in [2.05, 4.69) is 10.1 Å². The first-order valence-corrected chi connectivity index (χ1v) is 8.73. The molecule has 0 atom stereocenters. The van der Waals surface area contributed by atoms with Gasteiger partial charge in [-0.3, -0.25) is 0 Å². The van der Waals surface area contributed by atoms with Crippen LogP contribution in [-0.4, -0.2) is 29.8 Å². The molecule has 28 heavy (non-hydrogen) atoms. The molecule has 1 aromatic heterocycles. The van der Waals surface area contributed by atoms with Gasteiger partial charge >= 0.3 is 5.97 Å². The minimum atomic E-state index is -0.509. The van der Waals surface area contributed by atoms with Crippen LogP contribution in [-0.2, 0) is 16.1 Å². The maximum absolute atomic E-state index is 11.9. The second-order valence-corrected chi connectivity index (χ2v) is 5.66. The zero-order valence-electron chi connectivity index (χ0n) is 15.6. The highest BCUT2D eigenvalue weighted by Gasteiger charge is 2.14. The molecule has 3 aromatic rings. The van der Waals surface area contributed by atoms with Crippen LogP contribution >= 0.6 is 0 Å². The highest BCUT2D eigenvalue weighted by molar-refractivity contribution is 5.87. The SMILES string of the molecule is CCOc1ccccc1-c1noc(COC(=O)/C=C/c2ccc(OC)cc2)n1. The Hall–Kier alpha value is -3.61. The van der Waals surface area contributed by atoms with E-state index >= 15 is 0 Å². The van der Waals surface area contributed by atoms with Crippen LogP contribution in [0.3, 0.4) is 0 Å². The summed E-state index contributed by atoms with van der Waals surface area (Å²) in [4.78, 5) is 16.1. The minimum absolute atomic E-state index is 0.115. The second-order valence-electron chi connectivity index (χ2n) is 5.66. The normalized spacial score (nSPS) is 10.8. The number of aromatic nitrogens is 2. The number of carbonyl (C=O) groups excluding carboxylic acids is 1. The summed E-state index contributed by atoms with van der Waals surface area (Å²) < 4.78 is 21.0. The molecule has 2 aromatic carbocycles. The summed E-state index contributed by atoms with van der Waals surface area (Å²) in [6.07, 6.45) is 2.99. The van der Waals surface area contributed by atoms with Gasteiger partial charge in [-0.2, -0.15) is 4.98 Å². The van der Waals surface area contributed by atoms with Crippen molar-refractivity contribution in [3.05, 3.63) is 66.1 Å². The van der Waals surface area contributed by atoms with Crippen molar-refractivity contribution in [2.24, 2.45) is 0 Å². The number of esters is 1. The van der Waals surface area contributed by atoms with Gasteiger partial charge in [0, 0.05) is 6.08 Å². The van der Waals surface area contributed by atoms with Gasteiger partial charge in [-0.25, -0.2) is 4.79 Å². The van der Waals surface area contributed by atoms with Gasteiger partial charge in [-0.1, -0.05) is 29.4 Å². The fourth-order valence-electron chi connectivity index (χ4n) is 2.42. The molecule has 0 fully saturated rings. The van der Waals surface area contributed by atoms with E-state index in [1.54, 1.807) is 13.2 Å². The largest absolute Gasteiger partial charge is 0.497 e. The van der Waals surface area contributed by atoms with Gasteiger partial charge in [0.25, 0.3) is 5.89 Å². The first-order valence-electron chi connectivity index (χ1n) is 8.73. The third-order valence-corrected chi connectivity index (χ3v) is 3.76. The lowest BCUT2D eigenvalue weighted by Crippen LogP contribution is -2.01. The molecule has 7 nitrogen and oxygen atoms in total. The Bertz CT molecular complexity index is 947. The standard InChI is InChI=1S/C21H20N2O5/c1-3-26-18-7-5-4-6-17(18)21-22-19(28-23-21)14-27-20(24)13-10-15-8-11-16(25-2)12-9-15/h4-13H,3,14H2,1-2H3/b13-10+. The number of ether oxygens (including phenoxy) is 3. The Kier molecular flexibility index (Phi) is 6.41. The summed E-state index contributed by atoms with van der Waals surface area (Å²) >= 11 is 0. The van der Waals surface area contributed by atoms with Crippen LogP contribution < -0.4 is 9.47 Å². The molecule has 144 valence electrons. The zero-order chi connectivity index (χ0) is 19.8.